The van der Waals surface area contributed by atoms with Crippen molar-refractivity contribution >= 4 is 5.78 Å². The maximum Gasteiger partial charge on any atom is 0.251 e. The average molecular weight is 346 g/mol. The van der Waals surface area contributed by atoms with Gasteiger partial charge < -0.3 is 0 Å². The number of rotatable bonds is 2. The Bertz CT molecular complexity index is 981. The first-order valence-corrected chi connectivity index (χ1v) is 8.93. The second kappa shape index (κ2) is 6.16. The van der Waals surface area contributed by atoms with E-state index < -0.39 is 0 Å². The van der Waals surface area contributed by atoms with Crippen LogP contribution in [-0.2, 0) is 6.42 Å². The Hall–Kier alpha value is -2.82. The van der Waals surface area contributed by atoms with E-state index in [4.69, 9.17) is 0 Å². The van der Waals surface area contributed by atoms with Gasteiger partial charge in [0.05, 0.1) is 17.0 Å². The number of Topliss-reactive ketones (excluding diaryl/α,β-unsaturated/α-hetero) is 1. The number of fused-ring (bicyclic) bond motifs is 1. The molecule has 132 valence electrons. The van der Waals surface area contributed by atoms with Crippen molar-refractivity contribution in [1.82, 2.24) is 19.7 Å². The number of carbonyl (C=O) groups is 1. The molecule has 1 aliphatic rings. The quantitative estimate of drug-likeness (QED) is 0.708. The number of aryl methyl sites for hydroxylation is 4. The fourth-order valence-corrected chi connectivity index (χ4v) is 3.80. The Labute approximate surface area is 153 Å². The third-order valence-electron chi connectivity index (χ3n) is 5.02. The summed E-state index contributed by atoms with van der Waals surface area (Å²) in [5, 5.41) is 4.61. The minimum absolute atomic E-state index is 0.157. The van der Waals surface area contributed by atoms with Gasteiger partial charge in [-0.3, -0.25) is 4.79 Å². The van der Waals surface area contributed by atoms with E-state index in [0.717, 1.165) is 34.8 Å². The van der Waals surface area contributed by atoms with Crippen LogP contribution in [0, 0.1) is 27.7 Å². The molecule has 0 saturated carbocycles. The maximum atomic E-state index is 12.8. The summed E-state index contributed by atoms with van der Waals surface area (Å²) in [6.45, 7) is 7.86. The van der Waals surface area contributed by atoms with Gasteiger partial charge in [0.2, 0.25) is 0 Å². The molecule has 5 heteroatoms. The molecule has 0 aliphatic heterocycles. The van der Waals surface area contributed by atoms with Gasteiger partial charge in [-0.05, 0) is 51.7 Å². The van der Waals surface area contributed by atoms with Crippen molar-refractivity contribution < 1.29 is 4.79 Å². The molecule has 0 unspecified atom stereocenters. The van der Waals surface area contributed by atoms with Crippen LogP contribution >= 0.6 is 0 Å². The third-order valence-corrected chi connectivity index (χ3v) is 5.02. The van der Waals surface area contributed by atoms with E-state index >= 15 is 0 Å². The number of nitrogens with zero attached hydrogens (tertiary/aromatic N) is 4. The van der Waals surface area contributed by atoms with Crippen molar-refractivity contribution in [2.45, 2.75) is 46.5 Å². The van der Waals surface area contributed by atoms with Gasteiger partial charge in [-0.15, -0.1) is 0 Å². The highest BCUT2D eigenvalue weighted by Crippen LogP contribution is 2.35. The van der Waals surface area contributed by atoms with Crippen molar-refractivity contribution in [2.75, 3.05) is 0 Å². The van der Waals surface area contributed by atoms with Crippen molar-refractivity contribution in [1.29, 1.82) is 0 Å². The number of ketones is 1. The van der Waals surface area contributed by atoms with Crippen LogP contribution in [0.15, 0.2) is 30.3 Å². The van der Waals surface area contributed by atoms with Gasteiger partial charge in [0.15, 0.2) is 5.78 Å². The minimum Gasteiger partial charge on any atom is -0.294 e. The van der Waals surface area contributed by atoms with Gasteiger partial charge in [0.1, 0.15) is 0 Å². The first kappa shape index (κ1) is 16.6. The largest absolute Gasteiger partial charge is 0.294 e. The molecule has 2 heterocycles. The lowest BCUT2D eigenvalue weighted by Crippen LogP contribution is -2.21. The lowest BCUT2D eigenvalue weighted by molar-refractivity contribution is 0.0963. The van der Waals surface area contributed by atoms with Crippen LogP contribution in [-0.4, -0.2) is 25.5 Å². The van der Waals surface area contributed by atoms with E-state index in [-0.39, 0.29) is 11.7 Å². The van der Waals surface area contributed by atoms with Crippen LogP contribution in [0.5, 0.6) is 0 Å². The zero-order valence-corrected chi connectivity index (χ0v) is 15.6. The molecule has 1 atom stereocenters. The zero-order chi connectivity index (χ0) is 18.4. The topological polar surface area (TPSA) is 60.7 Å². The van der Waals surface area contributed by atoms with E-state index in [1.165, 1.54) is 11.1 Å². The maximum absolute atomic E-state index is 12.8. The van der Waals surface area contributed by atoms with Crippen molar-refractivity contribution in [3.05, 3.63) is 69.8 Å². The summed E-state index contributed by atoms with van der Waals surface area (Å²) in [5.41, 5.74) is 6.64. The molecule has 0 fully saturated rings. The molecule has 0 radical (unpaired) electrons. The van der Waals surface area contributed by atoms with Gasteiger partial charge in [0, 0.05) is 17.8 Å². The number of hydrogen-bond donors (Lipinski definition) is 0. The van der Waals surface area contributed by atoms with Crippen LogP contribution < -0.4 is 0 Å². The summed E-state index contributed by atoms with van der Waals surface area (Å²) < 4.78 is 1.77. The molecule has 0 saturated heterocycles. The standard InChI is InChI=1S/C21H22N4O/c1-12-5-7-16(8-6-12)17-10-18-20(19(26)11-17)15(4)24-25(18)21-22-13(2)9-14(3)23-21/h5-9,17H,10-11H2,1-4H3/t17-/m0/s1. The summed E-state index contributed by atoms with van der Waals surface area (Å²) in [4.78, 5) is 21.9. The van der Waals surface area contributed by atoms with Gasteiger partial charge in [-0.25, -0.2) is 14.6 Å². The fraction of sp³-hybridized carbons (Fsp3) is 0.333. The normalized spacial score (nSPS) is 16.6. The van der Waals surface area contributed by atoms with Crippen molar-refractivity contribution in [3.8, 4) is 5.95 Å². The molecule has 4 rings (SSSR count). The number of carbonyl (C=O) groups excluding carboxylic acids is 1. The molecule has 1 aliphatic carbocycles. The van der Waals surface area contributed by atoms with E-state index in [9.17, 15) is 4.79 Å². The van der Waals surface area contributed by atoms with Crippen LogP contribution in [0.1, 0.15) is 56.6 Å². The van der Waals surface area contributed by atoms with Gasteiger partial charge in [0.25, 0.3) is 5.95 Å². The average Bonchev–Trinajstić information content (AvgIpc) is 2.92. The van der Waals surface area contributed by atoms with Crippen molar-refractivity contribution in [3.63, 3.8) is 0 Å². The first-order valence-electron chi connectivity index (χ1n) is 8.93. The second-order valence-electron chi connectivity index (χ2n) is 7.21. The summed E-state index contributed by atoms with van der Waals surface area (Å²) in [6.07, 6.45) is 1.29. The minimum atomic E-state index is 0.157. The summed E-state index contributed by atoms with van der Waals surface area (Å²) in [5.74, 6) is 0.866. The molecule has 0 amide bonds. The number of aromatic nitrogens is 4. The van der Waals surface area contributed by atoms with E-state index in [1.807, 2.05) is 26.8 Å². The Balaban J connectivity index is 1.81. The zero-order valence-electron chi connectivity index (χ0n) is 15.6. The lowest BCUT2D eigenvalue weighted by atomic mass is 9.81. The molecule has 5 nitrogen and oxygen atoms in total. The number of benzene rings is 1. The molecule has 26 heavy (non-hydrogen) atoms. The van der Waals surface area contributed by atoms with E-state index in [1.54, 1.807) is 4.68 Å². The Morgan fingerprint density at radius 1 is 0.962 bits per heavy atom. The monoisotopic (exact) mass is 346 g/mol. The lowest BCUT2D eigenvalue weighted by Gasteiger charge is -2.23. The fourth-order valence-electron chi connectivity index (χ4n) is 3.80. The molecular formula is C21H22N4O. The van der Waals surface area contributed by atoms with Gasteiger partial charge >= 0.3 is 0 Å². The summed E-state index contributed by atoms with van der Waals surface area (Å²) >= 11 is 0. The molecular weight excluding hydrogens is 324 g/mol. The molecule has 2 aromatic heterocycles. The summed E-state index contributed by atoms with van der Waals surface area (Å²) in [7, 11) is 0. The smallest absolute Gasteiger partial charge is 0.251 e. The van der Waals surface area contributed by atoms with Gasteiger partial charge in [-0.1, -0.05) is 29.8 Å². The molecule has 0 spiro atoms. The highest BCUT2D eigenvalue weighted by molar-refractivity contribution is 6.00. The van der Waals surface area contributed by atoms with Gasteiger partial charge in [-0.2, -0.15) is 5.10 Å². The highest BCUT2D eigenvalue weighted by atomic mass is 16.1. The molecule has 1 aromatic carbocycles. The highest BCUT2D eigenvalue weighted by Gasteiger charge is 2.32. The van der Waals surface area contributed by atoms with Crippen LogP contribution in [0.4, 0.5) is 0 Å². The van der Waals surface area contributed by atoms with Crippen LogP contribution in [0.3, 0.4) is 0 Å². The first-order chi connectivity index (χ1) is 12.4. The molecule has 3 aromatic rings. The Morgan fingerprint density at radius 2 is 1.62 bits per heavy atom. The second-order valence-corrected chi connectivity index (χ2v) is 7.21. The predicted molar refractivity (Wildman–Crippen MR) is 99.9 cm³/mol. The number of hydrogen-bond acceptors (Lipinski definition) is 4. The Kier molecular flexibility index (Phi) is 3.94. The van der Waals surface area contributed by atoms with Crippen LogP contribution in [0.25, 0.3) is 5.95 Å². The van der Waals surface area contributed by atoms with E-state index in [2.05, 4.69) is 46.3 Å². The van der Waals surface area contributed by atoms with Crippen LogP contribution in [0.2, 0.25) is 0 Å². The Morgan fingerprint density at radius 3 is 2.27 bits per heavy atom. The van der Waals surface area contributed by atoms with E-state index in [0.29, 0.717) is 12.4 Å². The molecule has 0 N–H and O–H groups in total. The third kappa shape index (κ3) is 2.83. The van der Waals surface area contributed by atoms with Crippen molar-refractivity contribution in [2.24, 2.45) is 0 Å². The summed E-state index contributed by atoms with van der Waals surface area (Å²) in [6, 6.07) is 10.4. The predicted octanol–water partition coefficient (Wildman–Crippen LogP) is 3.81. The SMILES string of the molecule is Cc1ccc([C@@H]2CC(=O)c3c(C)nn(-c4nc(C)cc(C)n4)c3C2)cc1. The molecule has 0 bridgehead atoms.